The molecule has 0 saturated heterocycles. The Morgan fingerprint density at radius 2 is 2.12 bits per heavy atom. The molecule has 0 aliphatic heterocycles. The number of fused-ring (bicyclic) bond motifs is 1. The molecule has 6 heteroatoms. The van der Waals surface area contributed by atoms with Gasteiger partial charge in [-0.3, -0.25) is 4.79 Å². The second-order valence-electron chi connectivity index (χ2n) is 3.15. The fourth-order valence-corrected chi connectivity index (χ4v) is 1.54. The third-order valence-electron chi connectivity index (χ3n) is 2.15. The van der Waals surface area contributed by atoms with Gasteiger partial charge in [0.1, 0.15) is 11.4 Å². The quantitative estimate of drug-likeness (QED) is 0.802. The van der Waals surface area contributed by atoms with Crippen molar-refractivity contribution in [3.05, 3.63) is 45.0 Å². The molecule has 82 valence electrons. The number of halogens is 2. The van der Waals surface area contributed by atoms with Gasteiger partial charge in [0.2, 0.25) is 5.43 Å². The maximum atomic E-state index is 13.1. The lowest BCUT2D eigenvalue weighted by molar-refractivity contribution is 0.0695. The van der Waals surface area contributed by atoms with Crippen molar-refractivity contribution >= 4 is 28.5 Å². The third-order valence-corrected chi connectivity index (χ3v) is 2.44. The maximum absolute atomic E-state index is 13.1. The number of aromatic carboxylic acids is 1. The van der Waals surface area contributed by atoms with Gasteiger partial charge in [-0.1, -0.05) is 11.6 Å². The summed E-state index contributed by atoms with van der Waals surface area (Å²) in [5.41, 5.74) is -0.893. The van der Waals surface area contributed by atoms with Crippen molar-refractivity contribution in [3.63, 3.8) is 0 Å². The molecule has 0 aliphatic rings. The number of nitrogens with one attached hydrogen (secondary N) is 1. The molecule has 1 aromatic heterocycles. The number of aromatic amines is 1. The van der Waals surface area contributed by atoms with Gasteiger partial charge < -0.3 is 10.1 Å². The van der Waals surface area contributed by atoms with Gasteiger partial charge in [-0.05, 0) is 12.1 Å². The number of H-pyrrole nitrogens is 1. The number of hydrogen-bond donors (Lipinski definition) is 2. The van der Waals surface area contributed by atoms with Crippen molar-refractivity contribution in [2.75, 3.05) is 0 Å². The summed E-state index contributed by atoms with van der Waals surface area (Å²) in [5.74, 6) is -2.02. The molecule has 4 nitrogen and oxygen atoms in total. The van der Waals surface area contributed by atoms with Crippen LogP contribution in [0.4, 0.5) is 4.39 Å². The Balaban J connectivity index is 2.90. The monoisotopic (exact) mass is 241 g/mol. The number of hydrogen-bond acceptors (Lipinski definition) is 2. The van der Waals surface area contributed by atoms with Crippen LogP contribution in [0, 0.1) is 5.82 Å². The van der Waals surface area contributed by atoms with Crippen LogP contribution in [0.3, 0.4) is 0 Å². The van der Waals surface area contributed by atoms with E-state index < -0.39 is 22.8 Å². The molecule has 2 aromatic rings. The molecular weight excluding hydrogens is 237 g/mol. The lowest BCUT2D eigenvalue weighted by Crippen LogP contribution is -2.15. The van der Waals surface area contributed by atoms with Gasteiger partial charge in [0, 0.05) is 11.6 Å². The molecule has 0 fully saturated rings. The molecular formula is C10H5ClFNO3. The van der Waals surface area contributed by atoms with Crippen LogP contribution in [-0.2, 0) is 0 Å². The molecule has 0 atom stereocenters. The van der Waals surface area contributed by atoms with Crippen LogP contribution in [0.1, 0.15) is 10.4 Å². The van der Waals surface area contributed by atoms with Crippen LogP contribution in [0.25, 0.3) is 10.9 Å². The van der Waals surface area contributed by atoms with Crippen molar-refractivity contribution in [2.24, 2.45) is 0 Å². The Morgan fingerprint density at radius 3 is 2.75 bits per heavy atom. The Bertz CT molecular complexity index is 650. The lowest BCUT2D eigenvalue weighted by Gasteiger charge is -2.01. The predicted octanol–water partition coefficient (Wildman–Crippen LogP) is 2.02. The summed E-state index contributed by atoms with van der Waals surface area (Å²) in [4.78, 5) is 24.9. The number of benzene rings is 1. The van der Waals surface area contributed by atoms with Gasteiger partial charge in [0.05, 0.1) is 10.5 Å². The molecule has 1 heterocycles. The smallest absolute Gasteiger partial charge is 0.341 e. The van der Waals surface area contributed by atoms with E-state index in [4.69, 9.17) is 16.7 Å². The van der Waals surface area contributed by atoms with E-state index in [1.54, 1.807) is 0 Å². The first-order chi connectivity index (χ1) is 7.50. The van der Waals surface area contributed by atoms with Gasteiger partial charge >= 0.3 is 5.97 Å². The number of pyridine rings is 1. The zero-order valence-corrected chi connectivity index (χ0v) is 8.51. The largest absolute Gasteiger partial charge is 0.477 e. The second kappa shape index (κ2) is 3.61. The SMILES string of the molecule is O=C(O)c1c[nH]c2cc(F)c(Cl)cc2c1=O. The summed E-state index contributed by atoms with van der Waals surface area (Å²) in [5, 5.41) is 8.55. The first-order valence-electron chi connectivity index (χ1n) is 4.24. The van der Waals surface area contributed by atoms with Crippen molar-refractivity contribution in [3.8, 4) is 0 Å². The standard InChI is InChI=1S/C10H5ClFNO3/c11-6-1-4-8(2-7(6)12)13-3-5(9(4)14)10(15)16/h1-3H,(H,13,14)(H,15,16). The number of rotatable bonds is 1. The fraction of sp³-hybridized carbons (Fsp3) is 0. The molecule has 0 aliphatic carbocycles. The highest BCUT2D eigenvalue weighted by Crippen LogP contribution is 2.19. The van der Waals surface area contributed by atoms with E-state index in [0.717, 1.165) is 18.3 Å². The molecule has 2 rings (SSSR count). The number of aromatic nitrogens is 1. The van der Waals surface area contributed by atoms with E-state index in [9.17, 15) is 14.0 Å². The van der Waals surface area contributed by atoms with E-state index in [0.29, 0.717) is 0 Å². The summed E-state index contributed by atoms with van der Waals surface area (Å²) >= 11 is 5.52. The van der Waals surface area contributed by atoms with Gasteiger partial charge in [0.15, 0.2) is 0 Å². The van der Waals surface area contributed by atoms with Gasteiger partial charge in [-0.2, -0.15) is 0 Å². The van der Waals surface area contributed by atoms with Crippen molar-refractivity contribution in [1.82, 2.24) is 4.98 Å². The Hall–Kier alpha value is -1.88. The molecule has 0 unspecified atom stereocenters. The van der Waals surface area contributed by atoms with Gasteiger partial charge in [-0.25, -0.2) is 9.18 Å². The molecule has 0 amide bonds. The normalized spacial score (nSPS) is 10.6. The molecule has 0 radical (unpaired) electrons. The highest BCUT2D eigenvalue weighted by Gasteiger charge is 2.13. The van der Waals surface area contributed by atoms with E-state index in [1.807, 2.05) is 0 Å². The van der Waals surface area contributed by atoms with E-state index in [1.165, 1.54) is 0 Å². The van der Waals surface area contributed by atoms with Crippen LogP contribution < -0.4 is 5.43 Å². The van der Waals surface area contributed by atoms with Crippen LogP contribution in [-0.4, -0.2) is 16.1 Å². The zero-order valence-electron chi connectivity index (χ0n) is 7.75. The van der Waals surface area contributed by atoms with E-state index >= 15 is 0 Å². The van der Waals surface area contributed by atoms with Crippen LogP contribution in [0.5, 0.6) is 0 Å². The zero-order chi connectivity index (χ0) is 11.9. The minimum absolute atomic E-state index is 0.0475. The summed E-state index contributed by atoms with van der Waals surface area (Å²) in [7, 11) is 0. The fourth-order valence-electron chi connectivity index (χ4n) is 1.37. The predicted molar refractivity (Wildman–Crippen MR) is 56.5 cm³/mol. The van der Waals surface area contributed by atoms with E-state index in [-0.39, 0.29) is 15.9 Å². The van der Waals surface area contributed by atoms with Crippen LogP contribution in [0.15, 0.2) is 23.1 Å². The molecule has 0 saturated carbocycles. The number of carboxylic acid groups (broad SMARTS) is 1. The van der Waals surface area contributed by atoms with Gasteiger partial charge in [0.25, 0.3) is 0 Å². The average Bonchev–Trinajstić information content (AvgIpc) is 2.21. The highest BCUT2D eigenvalue weighted by molar-refractivity contribution is 6.31. The number of carboxylic acids is 1. The Morgan fingerprint density at radius 1 is 1.44 bits per heavy atom. The molecule has 0 bridgehead atoms. The summed E-state index contributed by atoms with van der Waals surface area (Å²) in [6.45, 7) is 0. The summed E-state index contributed by atoms with van der Waals surface area (Å²) in [6, 6.07) is 2.15. The van der Waals surface area contributed by atoms with Crippen molar-refractivity contribution in [1.29, 1.82) is 0 Å². The lowest BCUT2D eigenvalue weighted by atomic mass is 10.1. The number of carbonyl (C=O) groups is 1. The topological polar surface area (TPSA) is 70.2 Å². The minimum Gasteiger partial charge on any atom is -0.477 e. The third kappa shape index (κ3) is 1.55. The first-order valence-corrected chi connectivity index (χ1v) is 4.62. The highest BCUT2D eigenvalue weighted by atomic mass is 35.5. The molecule has 16 heavy (non-hydrogen) atoms. The second-order valence-corrected chi connectivity index (χ2v) is 3.56. The first kappa shape index (κ1) is 10.6. The van der Waals surface area contributed by atoms with Crippen molar-refractivity contribution < 1.29 is 14.3 Å². The molecule has 0 spiro atoms. The Labute approximate surface area is 93.3 Å². The summed E-state index contributed by atoms with van der Waals surface area (Å²) < 4.78 is 13.1. The minimum atomic E-state index is -1.34. The van der Waals surface area contributed by atoms with Crippen molar-refractivity contribution in [2.45, 2.75) is 0 Å². The van der Waals surface area contributed by atoms with Crippen LogP contribution >= 0.6 is 11.6 Å². The summed E-state index contributed by atoms with van der Waals surface area (Å²) in [6.07, 6.45) is 1.03. The molecule has 2 N–H and O–H groups in total. The van der Waals surface area contributed by atoms with Crippen LogP contribution in [0.2, 0.25) is 5.02 Å². The van der Waals surface area contributed by atoms with Gasteiger partial charge in [-0.15, -0.1) is 0 Å². The molecule has 1 aromatic carbocycles. The van der Waals surface area contributed by atoms with E-state index in [2.05, 4.69) is 4.98 Å². The maximum Gasteiger partial charge on any atom is 0.341 e. The Kier molecular flexibility index (Phi) is 2.40. The average molecular weight is 242 g/mol.